The van der Waals surface area contributed by atoms with Gasteiger partial charge in [0.1, 0.15) is 0 Å². The Kier molecular flexibility index (Phi) is 5.07. The fourth-order valence-corrected chi connectivity index (χ4v) is 2.51. The fourth-order valence-electron chi connectivity index (χ4n) is 2.51. The molecule has 0 heterocycles. The quantitative estimate of drug-likeness (QED) is 0.779. The zero-order chi connectivity index (χ0) is 11.4. The van der Waals surface area contributed by atoms with Crippen molar-refractivity contribution in [1.29, 1.82) is 0 Å². The SMILES string of the molecule is CC(C)CCOC1C(C)CC(C)CC1O. The van der Waals surface area contributed by atoms with Gasteiger partial charge in [0.15, 0.2) is 0 Å². The Bertz CT molecular complexity index is 167. The average molecular weight is 214 g/mol. The van der Waals surface area contributed by atoms with Crippen LogP contribution >= 0.6 is 0 Å². The van der Waals surface area contributed by atoms with Crippen LogP contribution in [-0.2, 0) is 4.74 Å². The maximum absolute atomic E-state index is 9.95. The number of hydrogen-bond acceptors (Lipinski definition) is 2. The molecule has 0 aliphatic heterocycles. The normalized spacial score (nSPS) is 37.2. The van der Waals surface area contributed by atoms with Gasteiger partial charge >= 0.3 is 0 Å². The van der Waals surface area contributed by atoms with Gasteiger partial charge < -0.3 is 9.84 Å². The Hall–Kier alpha value is -0.0800. The van der Waals surface area contributed by atoms with Gasteiger partial charge in [-0.05, 0) is 37.0 Å². The molecule has 0 bridgehead atoms. The molecule has 0 spiro atoms. The van der Waals surface area contributed by atoms with E-state index in [0.717, 1.165) is 19.4 Å². The van der Waals surface area contributed by atoms with Crippen molar-refractivity contribution in [2.75, 3.05) is 6.61 Å². The first-order valence-electron chi connectivity index (χ1n) is 6.30. The van der Waals surface area contributed by atoms with Crippen LogP contribution in [0.15, 0.2) is 0 Å². The van der Waals surface area contributed by atoms with Gasteiger partial charge in [-0.3, -0.25) is 0 Å². The van der Waals surface area contributed by atoms with Crippen LogP contribution in [0.25, 0.3) is 0 Å². The molecule has 1 fully saturated rings. The zero-order valence-corrected chi connectivity index (χ0v) is 10.6. The van der Waals surface area contributed by atoms with Gasteiger partial charge in [-0.1, -0.05) is 27.7 Å². The molecule has 0 radical (unpaired) electrons. The standard InChI is InChI=1S/C13H26O2/c1-9(2)5-6-15-13-11(4)7-10(3)8-12(13)14/h9-14H,5-8H2,1-4H3. The molecular weight excluding hydrogens is 188 g/mol. The minimum absolute atomic E-state index is 0.0694. The van der Waals surface area contributed by atoms with Gasteiger partial charge in [-0.2, -0.15) is 0 Å². The predicted molar refractivity (Wildman–Crippen MR) is 62.8 cm³/mol. The van der Waals surface area contributed by atoms with Crippen LogP contribution in [0.2, 0.25) is 0 Å². The molecule has 0 saturated heterocycles. The molecule has 1 N–H and O–H groups in total. The molecule has 0 aromatic heterocycles. The summed E-state index contributed by atoms with van der Waals surface area (Å²) >= 11 is 0. The summed E-state index contributed by atoms with van der Waals surface area (Å²) in [5.41, 5.74) is 0. The first kappa shape index (κ1) is 13.0. The second-order valence-electron chi connectivity index (χ2n) is 5.64. The number of aliphatic hydroxyl groups is 1. The van der Waals surface area contributed by atoms with E-state index in [-0.39, 0.29) is 12.2 Å². The third-order valence-electron chi connectivity index (χ3n) is 3.36. The van der Waals surface area contributed by atoms with E-state index in [4.69, 9.17) is 4.74 Å². The summed E-state index contributed by atoms with van der Waals surface area (Å²) in [5, 5.41) is 9.95. The van der Waals surface area contributed by atoms with Crippen LogP contribution in [0.3, 0.4) is 0 Å². The van der Waals surface area contributed by atoms with Crippen molar-refractivity contribution >= 4 is 0 Å². The maximum atomic E-state index is 9.95. The Labute approximate surface area is 94.0 Å². The maximum Gasteiger partial charge on any atom is 0.0859 e. The summed E-state index contributed by atoms with van der Waals surface area (Å²) in [4.78, 5) is 0. The van der Waals surface area contributed by atoms with Gasteiger partial charge in [0.05, 0.1) is 12.2 Å². The van der Waals surface area contributed by atoms with Crippen molar-refractivity contribution in [3.05, 3.63) is 0 Å². The molecule has 2 nitrogen and oxygen atoms in total. The lowest BCUT2D eigenvalue weighted by Crippen LogP contribution is -2.41. The van der Waals surface area contributed by atoms with E-state index in [0.29, 0.717) is 17.8 Å². The molecular formula is C13H26O2. The molecule has 2 heteroatoms. The van der Waals surface area contributed by atoms with E-state index in [1.54, 1.807) is 0 Å². The van der Waals surface area contributed by atoms with Crippen molar-refractivity contribution in [1.82, 2.24) is 0 Å². The molecule has 4 unspecified atom stereocenters. The van der Waals surface area contributed by atoms with Crippen LogP contribution in [-0.4, -0.2) is 23.9 Å². The number of ether oxygens (including phenoxy) is 1. The highest BCUT2D eigenvalue weighted by atomic mass is 16.5. The Morgan fingerprint density at radius 3 is 2.47 bits per heavy atom. The summed E-state index contributed by atoms with van der Waals surface area (Å²) in [6.07, 6.45) is 2.99. The molecule has 15 heavy (non-hydrogen) atoms. The lowest BCUT2D eigenvalue weighted by Gasteiger charge is -2.36. The fraction of sp³-hybridized carbons (Fsp3) is 1.00. The molecule has 1 aliphatic rings. The van der Waals surface area contributed by atoms with Gasteiger partial charge in [0.25, 0.3) is 0 Å². The molecule has 0 aromatic rings. The van der Waals surface area contributed by atoms with E-state index < -0.39 is 0 Å². The lowest BCUT2D eigenvalue weighted by molar-refractivity contribution is -0.0975. The molecule has 0 amide bonds. The van der Waals surface area contributed by atoms with Gasteiger partial charge in [0, 0.05) is 6.61 Å². The molecule has 1 aliphatic carbocycles. The Morgan fingerprint density at radius 1 is 1.27 bits per heavy atom. The van der Waals surface area contributed by atoms with E-state index in [1.165, 1.54) is 6.42 Å². The third kappa shape index (κ3) is 4.12. The smallest absolute Gasteiger partial charge is 0.0859 e. The highest BCUT2D eigenvalue weighted by molar-refractivity contribution is 4.83. The largest absolute Gasteiger partial charge is 0.390 e. The van der Waals surface area contributed by atoms with E-state index in [1.807, 2.05) is 0 Å². The van der Waals surface area contributed by atoms with Gasteiger partial charge in [0.2, 0.25) is 0 Å². The predicted octanol–water partition coefficient (Wildman–Crippen LogP) is 2.84. The minimum atomic E-state index is -0.254. The molecule has 4 atom stereocenters. The van der Waals surface area contributed by atoms with Crippen LogP contribution in [0, 0.1) is 17.8 Å². The van der Waals surface area contributed by atoms with Crippen molar-refractivity contribution in [3.8, 4) is 0 Å². The van der Waals surface area contributed by atoms with E-state index in [9.17, 15) is 5.11 Å². The minimum Gasteiger partial charge on any atom is -0.390 e. The Balaban J connectivity index is 2.32. The van der Waals surface area contributed by atoms with Gasteiger partial charge in [-0.25, -0.2) is 0 Å². The van der Waals surface area contributed by atoms with E-state index in [2.05, 4.69) is 27.7 Å². The van der Waals surface area contributed by atoms with Gasteiger partial charge in [-0.15, -0.1) is 0 Å². The van der Waals surface area contributed by atoms with Crippen molar-refractivity contribution in [3.63, 3.8) is 0 Å². The topological polar surface area (TPSA) is 29.5 Å². The van der Waals surface area contributed by atoms with Crippen molar-refractivity contribution < 1.29 is 9.84 Å². The summed E-state index contributed by atoms with van der Waals surface area (Å²) in [6.45, 7) is 9.60. The average Bonchev–Trinajstić information content (AvgIpc) is 2.08. The highest BCUT2D eigenvalue weighted by Gasteiger charge is 2.33. The number of aliphatic hydroxyl groups excluding tert-OH is 1. The van der Waals surface area contributed by atoms with Crippen molar-refractivity contribution in [2.45, 2.75) is 59.2 Å². The second kappa shape index (κ2) is 5.86. The molecule has 90 valence electrons. The molecule has 0 aromatic carbocycles. The zero-order valence-electron chi connectivity index (χ0n) is 10.6. The second-order valence-corrected chi connectivity index (χ2v) is 5.64. The molecule has 1 rings (SSSR count). The van der Waals surface area contributed by atoms with E-state index >= 15 is 0 Å². The first-order valence-corrected chi connectivity index (χ1v) is 6.30. The monoisotopic (exact) mass is 214 g/mol. The van der Waals surface area contributed by atoms with Crippen molar-refractivity contribution in [2.24, 2.45) is 17.8 Å². The highest BCUT2D eigenvalue weighted by Crippen LogP contribution is 2.31. The van der Waals surface area contributed by atoms with Crippen LogP contribution in [0.5, 0.6) is 0 Å². The van der Waals surface area contributed by atoms with Crippen LogP contribution in [0.4, 0.5) is 0 Å². The number of rotatable bonds is 4. The lowest BCUT2D eigenvalue weighted by atomic mass is 9.79. The van der Waals surface area contributed by atoms with Crippen LogP contribution < -0.4 is 0 Å². The molecule has 1 saturated carbocycles. The Morgan fingerprint density at radius 2 is 1.93 bits per heavy atom. The summed E-state index contributed by atoms with van der Waals surface area (Å²) in [5.74, 6) is 1.82. The summed E-state index contributed by atoms with van der Waals surface area (Å²) in [7, 11) is 0. The number of hydrogen-bond donors (Lipinski definition) is 1. The summed E-state index contributed by atoms with van der Waals surface area (Å²) < 4.78 is 5.82. The first-order chi connectivity index (χ1) is 7.00. The summed E-state index contributed by atoms with van der Waals surface area (Å²) in [6, 6.07) is 0. The third-order valence-corrected chi connectivity index (χ3v) is 3.36. The van der Waals surface area contributed by atoms with Crippen LogP contribution in [0.1, 0.15) is 47.0 Å².